The van der Waals surface area contributed by atoms with Crippen LogP contribution < -0.4 is 10.6 Å². The molecule has 2 aromatic rings. The Kier molecular flexibility index (Phi) is 5.73. The van der Waals surface area contributed by atoms with E-state index in [-0.39, 0.29) is 24.1 Å². The Labute approximate surface area is 139 Å². The molecule has 0 unspecified atom stereocenters. The number of furan rings is 1. The molecule has 0 aliphatic carbocycles. The van der Waals surface area contributed by atoms with Crippen LogP contribution in [-0.4, -0.2) is 36.2 Å². The van der Waals surface area contributed by atoms with Crippen molar-refractivity contribution in [1.29, 1.82) is 0 Å². The van der Waals surface area contributed by atoms with E-state index in [2.05, 4.69) is 10.6 Å². The fourth-order valence-corrected chi connectivity index (χ4v) is 2.00. The van der Waals surface area contributed by atoms with E-state index in [1.165, 1.54) is 19.3 Å². The number of carbonyl (C=O) groups excluding carboxylic acids is 3. The maximum absolute atomic E-state index is 12.0. The number of amides is 3. The van der Waals surface area contributed by atoms with E-state index in [1.54, 1.807) is 30.1 Å². The summed E-state index contributed by atoms with van der Waals surface area (Å²) in [6, 6.07) is 10.3. The van der Waals surface area contributed by atoms with Gasteiger partial charge in [-0.2, -0.15) is 0 Å². The van der Waals surface area contributed by atoms with E-state index < -0.39 is 5.91 Å². The van der Waals surface area contributed by atoms with Gasteiger partial charge in [0.25, 0.3) is 5.91 Å². The summed E-state index contributed by atoms with van der Waals surface area (Å²) in [6.45, 7) is 1.67. The van der Waals surface area contributed by atoms with E-state index in [0.29, 0.717) is 12.2 Å². The minimum Gasteiger partial charge on any atom is -0.459 e. The van der Waals surface area contributed by atoms with Crippen LogP contribution in [0, 0.1) is 0 Å². The van der Waals surface area contributed by atoms with Crippen molar-refractivity contribution in [2.24, 2.45) is 0 Å². The van der Waals surface area contributed by atoms with Gasteiger partial charge in [-0.15, -0.1) is 0 Å². The van der Waals surface area contributed by atoms with Crippen molar-refractivity contribution in [1.82, 2.24) is 10.2 Å². The number of benzene rings is 1. The molecule has 0 aliphatic heterocycles. The van der Waals surface area contributed by atoms with Gasteiger partial charge in [-0.25, -0.2) is 0 Å². The summed E-state index contributed by atoms with van der Waals surface area (Å²) in [5.74, 6) is -0.749. The number of rotatable bonds is 6. The van der Waals surface area contributed by atoms with Gasteiger partial charge in [-0.05, 0) is 23.8 Å². The zero-order chi connectivity index (χ0) is 17.5. The molecule has 7 heteroatoms. The van der Waals surface area contributed by atoms with E-state index in [1.807, 2.05) is 12.1 Å². The molecule has 1 heterocycles. The molecule has 0 bridgehead atoms. The minimum atomic E-state index is -0.459. The second-order valence-corrected chi connectivity index (χ2v) is 5.24. The van der Waals surface area contributed by atoms with Gasteiger partial charge in [-0.3, -0.25) is 14.4 Å². The maximum atomic E-state index is 12.0. The molecule has 7 nitrogen and oxygen atoms in total. The van der Waals surface area contributed by atoms with Gasteiger partial charge in [0.2, 0.25) is 11.8 Å². The molecule has 2 rings (SSSR count). The Balaban J connectivity index is 1.94. The summed E-state index contributed by atoms with van der Waals surface area (Å²) >= 11 is 0. The Morgan fingerprint density at radius 3 is 2.54 bits per heavy atom. The van der Waals surface area contributed by atoms with E-state index in [0.717, 1.165) is 5.56 Å². The first-order chi connectivity index (χ1) is 11.5. The second-order valence-electron chi connectivity index (χ2n) is 5.24. The first-order valence-corrected chi connectivity index (χ1v) is 7.38. The first-order valence-electron chi connectivity index (χ1n) is 7.38. The number of para-hydroxylation sites is 1. The van der Waals surface area contributed by atoms with Crippen LogP contribution in [0.25, 0.3) is 0 Å². The monoisotopic (exact) mass is 329 g/mol. The second kappa shape index (κ2) is 7.96. The zero-order valence-electron chi connectivity index (χ0n) is 13.5. The van der Waals surface area contributed by atoms with Gasteiger partial charge in [0, 0.05) is 26.2 Å². The smallest absolute Gasteiger partial charge is 0.287 e. The molecule has 0 aliphatic rings. The van der Waals surface area contributed by atoms with Crippen LogP contribution in [0.1, 0.15) is 23.0 Å². The lowest BCUT2D eigenvalue weighted by Gasteiger charge is -2.18. The van der Waals surface area contributed by atoms with Crippen molar-refractivity contribution in [3.05, 3.63) is 54.0 Å². The van der Waals surface area contributed by atoms with Gasteiger partial charge < -0.3 is 20.0 Å². The lowest BCUT2D eigenvalue weighted by molar-refractivity contribution is -0.128. The normalized spacial score (nSPS) is 10.1. The van der Waals surface area contributed by atoms with Crippen molar-refractivity contribution < 1.29 is 18.8 Å². The fourth-order valence-electron chi connectivity index (χ4n) is 2.00. The topological polar surface area (TPSA) is 91.7 Å². The quantitative estimate of drug-likeness (QED) is 0.842. The van der Waals surface area contributed by atoms with E-state index in [9.17, 15) is 14.4 Å². The minimum absolute atomic E-state index is 0.0677. The molecule has 1 aromatic carbocycles. The van der Waals surface area contributed by atoms with Crippen LogP contribution in [-0.2, 0) is 16.1 Å². The third-order valence-corrected chi connectivity index (χ3v) is 3.39. The number of hydrogen-bond acceptors (Lipinski definition) is 4. The molecule has 2 N–H and O–H groups in total. The van der Waals surface area contributed by atoms with Gasteiger partial charge >= 0.3 is 0 Å². The fraction of sp³-hybridized carbons (Fsp3) is 0.235. The van der Waals surface area contributed by atoms with E-state index in [4.69, 9.17) is 4.42 Å². The Morgan fingerprint density at radius 2 is 1.88 bits per heavy atom. The van der Waals surface area contributed by atoms with Crippen molar-refractivity contribution in [2.75, 3.05) is 18.9 Å². The third-order valence-electron chi connectivity index (χ3n) is 3.39. The molecular weight excluding hydrogens is 310 g/mol. The highest BCUT2D eigenvalue weighted by Gasteiger charge is 2.12. The lowest BCUT2D eigenvalue weighted by atomic mass is 10.1. The summed E-state index contributed by atoms with van der Waals surface area (Å²) in [6.07, 6.45) is 1.39. The Morgan fingerprint density at radius 1 is 1.12 bits per heavy atom. The number of anilines is 1. The molecule has 0 radical (unpaired) electrons. The van der Waals surface area contributed by atoms with Crippen LogP contribution >= 0.6 is 0 Å². The number of nitrogens with one attached hydrogen (secondary N) is 2. The summed E-state index contributed by atoms with van der Waals surface area (Å²) in [5.41, 5.74) is 1.41. The zero-order valence-corrected chi connectivity index (χ0v) is 13.5. The molecule has 24 heavy (non-hydrogen) atoms. The molecule has 3 amide bonds. The van der Waals surface area contributed by atoms with Crippen molar-refractivity contribution in [3.8, 4) is 0 Å². The Hall–Kier alpha value is -3.09. The van der Waals surface area contributed by atoms with Crippen molar-refractivity contribution in [2.45, 2.75) is 13.5 Å². The molecule has 126 valence electrons. The molecule has 0 saturated carbocycles. The van der Waals surface area contributed by atoms with Gasteiger partial charge in [0.15, 0.2) is 5.76 Å². The highest BCUT2D eigenvalue weighted by atomic mass is 16.3. The summed E-state index contributed by atoms with van der Waals surface area (Å²) in [7, 11) is 1.69. The number of nitrogens with zero attached hydrogens (tertiary/aromatic N) is 1. The summed E-state index contributed by atoms with van der Waals surface area (Å²) < 4.78 is 4.95. The predicted molar refractivity (Wildman–Crippen MR) is 88.3 cm³/mol. The SMILES string of the molecule is CC(=O)N(C)Cc1ccccc1NC(=O)CNC(=O)c1ccco1. The van der Waals surface area contributed by atoms with Crippen molar-refractivity contribution >= 4 is 23.4 Å². The highest BCUT2D eigenvalue weighted by molar-refractivity contribution is 5.98. The lowest BCUT2D eigenvalue weighted by Crippen LogP contribution is -2.33. The standard InChI is InChI=1S/C17H19N3O4/c1-12(21)20(2)11-13-6-3-4-7-14(13)19-16(22)10-18-17(23)15-8-5-9-24-15/h3-9H,10-11H2,1-2H3,(H,18,23)(H,19,22). The van der Waals surface area contributed by atoms with Crippen LogP contribution in [0.4, 0.5) is 5.69 Å². The summed E-state index contributed by atoms with van der Waals surface area (Å²) in [5, 5.41) is 5.21. The molecule has 0 atom stereocenters. The van der Waals surface area contributed by atoms with Crippen LogP contribution in [0.5, 0.6) is 0 Å². The first kappa shape index (κ1) is 17.3. The third kappa shape index (κ3) is 4.70. The average Bonchev–Trinajstić information content (AvgIpc) is 3.09. The maximum Gasteiger partial charge on any atom is 0.287 e. The van der Waals surface area contributed by atoms with E-state index >= 15 is 0 Å². The molecular formula is C17H19N3O4. The van der Waals surface area contributed by atoms with Gasteiger partial charge in [0.05, 0.1) is 12.8 Å². The van der Waals surface area contributed by atoms with Crippen molar-refractivity contribution in [3.63, 3.8) is 0 Å². The molecule has 0 saturated heterocycles. The molecule has 0 spiro atoms. The molecule has 0 fully saturated rings. The molecule has 1 aromatic heterocycles. The number of hydrogen-bond donors (Lipinski definition) is 2. The largest absolute Gasteiger partial charge is 0.459 e. The van der Waals surface area contributed by atoms with Crippen LogP contribution in [0.15, 0.2) is 47.1 Å². The number of carbonyl (C=O) groups is 3. The van der Waals surface area contributed by atoms with Gasteiger partial charge in [0.1, 0.15) is 0 Å². The average molecular weight is 329 g/mol. The van der Waals surface area contributed by atoms with Gasteiger partial charge in [-0.1, -0.05) is 18.2 Å². The Bertz CT molecular complexity index is 725. The highest BCUT2D eigenvalue weighted by Crippen LogP contribution is 2.16. The van der Waals surface area contributed by atoms with Crippen LogP contribution in [0.2, 0.25) is 0 Å². The van der Waals surface area contributed by atoms with Crippen LogP contribution in [0.3, 0.4) is 0 Å². The predicted octanol–water partition coefficient (Wildman–Crippen LogP) is 1.63. The summed E-state index contributed by atoms with van der Waals surface area (Å²) in [4.78, 5) is 36.6.